The van der Waals surface area contributed by atoms with E-state index in [0.717, 1.165) is 0 Å². The van der Waals surface area contributed by atoms with Crippen LogP contribution in [0.1, 0.15) is 0 Å². The molecule has 1 heterocycles. The molecular formula is C20H13FIN3O2S. The number of rotatable bonds is 4. The summed E-state index contributed by atoms with van der Waals surface area (Å²) in [7, 11) is -3.57. The van der Waals surface area contributed by atoms with Crippen molar-refractivity contribution < 1.29 is 12.8 Å². The van der Waals surface area contributed by atoms with Gasteiger partial charge in [0, 0.05) is 20.7 Å². The van der Waals surface area contributed by atoms with Crippen LogP contribution in [-0.4, -0.2) is 18.4 Å². The Balaban J connectivity index is 1.66. The third-order valence-corrected chi connectivity index (χ3v) is 6.77. The summed E-state index contributed by atoms with van der Waals surface area (Å²) in [6.45, 7) is 0. The van der Waals surface area contributed by atoms with Crippen molar-refractivity contribution in [2.75, 3.05) is 5.32 Å². The summed E-state index contributed by atoms with van der Waals surface area (Å²) in [5.74, 6) is 0.176. The van der Waals surface area contributed by atoms with Gasteiger partial charge < -0.3 is 5.32 Å². The molecule has 1 aromatic heterocycles. The maximum absolute atomic E-state index is 13.8. The van der Waals surface area contributed by atoms with Gasteiger partial charge in [0.1, 0.15) is 18.0 Å². The zero-order valence-corrected chi connectivity index (χ0v) is 17.3. The molecule has 0 bridgehead atoms. The molecule has 8 heteroatoms. The second kappa shape index (κ2) is 7.44. The van der Waals surface area contributed by atoms with Crippen LogP contribution >= 0.6 is 22.6 Å². The lowest BCUT2D eigenvalue weighted by molar-refractivity contribution is 0.596. The fourth-order valence-corrected chi connectivity index (χ4v) is 4.49. The highest BCUT2D eigenvalue weighted by Crippen LogP contribution is 2.27. The van der Waals surface area contributed by atoms with E-state index >= 15 is 0 Å². The van der Waals surface area contributed by atoms with E-state index in [1.54, 1.807) is 48.5 Å². The van der Waals surface area contributed by atoms with E-state index in [2.05, 4.69) is 15.3 Å². The van der Waals surface area contributed by atoms with Crippen LogP contribution in [0.15, 0.2) is 82.8 Å². The first-order valence-corrected chi connectivity index (χ1v) is 10.8. The number of aromatic nitrogens is 2. The molecule has 0 fully saturated rings. The predicted molar refractivity (Wildman–Crippen MR) is 114 cm³/mol. The largest absolute Gasteiger partial charge is 0.340 e. The van der Waals surface area contributed by atoms with Gasteiger partial charge in [-0.3, -0.25) is 0 Å². The van der Waals surface area contributed by atoms with Gasteiger partial charge in [-0.05, 0) is 65.1 Å². The number of sulfone groups is 1. The Labute approximate surface area is 174 Å². The smallest absolute Gasteiger partial charge is 0.206 e. The van der Waals surface area contributed by atoms with Gasteiger partial charge in [-0.2, -0.15) is 0 Å². The molecule has 3 aromatic carbocycles. The SMILES string of the molecule is O=S(=O)(c1ccccc1)c1ccc(Nc2ncnc3cc(F)c(I)cc23)cc1. The van der Waals surface area contributed by atoms with E-state index in [4.69, 9.17) is 0 Å². The molecule has 0 atom stereocenters. The monoisotopic (exact) mass is 505 g/mol. The van der Waals surface area contributed by atoms with Gasteiger partial charge in [0.25, 0.3) is 0 Å². The van der Waals surface area contributed by atoms with Crippen LogP contribution in [0.3, 0.4) is 0 Å². The molecule has 0 spiro atoms. The van der Waals surface area contributed by atoms with E-state index in [-0.39, 0.29) is 15.6 Å². The maximum Gasteiger partial charge on any atom is 0.206 e. The number of nitrogens with one attached hydrogen (secondary N) is 1. The van der Waals surface area contributed by atoms with Gasteiger partial charge in [-0.1, -0.05) is 18.2 Å². The number of benzene rings is 3. The third kappa shape index (κ3) is 3.57. The quantitative estimate of drug-likeness (QED) is 0.398. The highest BCUT2D eigenvalue weighted by molar-refractivity contribution is 14.1. The fraction of sp³-hybridized carbons (Fsp3) is 0. The van der Waals surface area contributed by atoms with Gasteiger partial charge in [0.2, 0.25) is 9.84 Å². The zero-order valence-electron chi connectivity index (χ0n) is 14.3. The topological polar surface area (TPSA) is 72.0 Å². The molecule has 0 saturated carbocycles. The lowest BCUT2D eigenvalue weighted by Crippen LogP contribution is -2.02. The Kier molecular flexibility index (Phi) is 4.98. The number of hydrogen-bond acceptors (Lipinski definition) is 5. The van der Waals surface area contributed by atoms with E-state index in [1.165, 1.54) is 24.5 Å². The summed E-state index contributed by atoms with van der Waals surface area (Å²) >= 11 is 1.91. The maximum atomic E-state index is 13.8. The van der Waals surface area contributed by atoms with Gasteiger partial charge >= 0.3 is 0 Å². The molecule has 0 amide bonds. The summed E-state index contributed by atoms with van der Waals surface area (Å²) in [5, 5.41) is 3.82. The normalized spacial score (nSPS) is 11.5. The minimum atomic E-state index is -3.57. The van der Waals surface area contributed by atoms with E-state index in [0.29, 0.717) is 26.0 Å². The third-order valence-electron chi connectivity index (χ3n) is 4.16. The molecule has 4 aromatic rings. The van der Waals surface area contributed by atoms with E-state index < -0.39 is 9.84 Å². The van der Waals surface area contributed by atoms with Crippen molar-refractivity contribution in [2.45, 2.75) is 9.79 Å². The summed E-state index contributed by atoms with van der Waals surface area (Å²) in [6, 6.07) is 17.7. The average Bonchev–Trinajstić information content (AvgIpc) is 2.70. The molecule has 0 saturated heterocycles. The Morgan fingerprint density at radius 1 is 0.893 bits per heavy atom. The Bertz CT molecular complexity index is 1260. The standard InChI is InChI=1S/C20H13FIN3O2S/c21-17-11-19-16(10-18(17)22)20(24-12-23-19)25-13-6-8-15(9-7-13)28(26,27)14-4-2-1-3-5-14/h1-12H,(H,23,24,25). The summed E-state index contributed by atoms with van der Waals surface area (Å²) in [4.78, 5) is 8.76. The molecule has 28 heavy (non-hydrogen) atoms. The zero-order chi connectivity index (χ0) is 19.7. The highest BCUT2D eigenvalue weighted by Gasteiger charge is 2.17. The van der Waals surface area contributed by atoms with Crippen molar-refractivity contribution in [1.29, 1.82) is 0 Å². The van der Waals surface area contributed by atoms with Gasteiger partial charge in [0.15, 0.2) is 0 Å². The minimum Gasteiger partial charge on any atom is -0.340 e. The predicted octanol–water partition coefficient (Wildman–Crippen LogP) is 4.95. The van der Waals surface area contributed by atoms with E-state index in [9.17, 15) is 12.8 Å². The molecule has 0 radical (unpaired) electrons. The van der Waals surface area contributed by atoms with Crippen molar-refractivity contribution in [3.8, 4) is 0 Å². The fourth-order valence-electron chi connectivity index (χ4n) is 2.74. The summed E-state index contributed by atoms with van der Waals surface area (Å²) in [5.41, 5.74) is 1.14. The molecule has 0 unspecified atom stereocenters. The molecule has 0 aliphatic carbocycles. The van der Waals surface area contributed by atoms with Crippen LogP contribution in [0.4, 0.5) is 15.9 Å². The first-order chi connectivity index (χ1) is 13.4. The van der Waals surface area contributed by atoms with E-state index in [1.807, 2.05) is 22.6 Å². The minimum absolute atomic E-state index is 0.202. The van der Waals surface area contributed by atoms with Crippen LogP contribution in [0.25, 0.3) is 10.9 Å². The van der Waals surface area contributed by atoms with Crippen LogP contribution in [0, 0.1) is 9.39 Å². The molecule has 140 valence electrons. The van der Waals surface area contributed by atoms with Crippen LogP contribution < -0.4 is 5.32 Å². The molecule has 4 rings (SSSR count). The highest BCUT2D eigenvalue weighted by atomic mass is 127. The summed E-state index contributed by atoms with van der Waals surface area (Å²) < 4.78 is 39.6. The summed E-state index contributed by atoms with van der Waals surface area (Å²) in [6.07, 6.45) is 1.35. The number of nitrogens with zero attached hydrogens (tertiary/aromatic N) is 2. The van der Waals surface area contributed by atoms with Gasteiger partial charge in [0.05, 0.1) is 15.3 Å². The second-order valence-electron chi connectivity index (χ2n) is 5.97. The lowest BCUT2D eigenvalue weighted by Gasteiger charge is -2.10. The van der Waals surface area contributed by atoms with Crippen molar-refractivity contribution >= 4 is 54.8 Å². The molecule has 0 aliphatic heterocycles. The lowest BCUT2D eigenvalue weighted by atomic mass is 10.2. The molecule has 0 aliphatic rings. The first-order valence-electron chi connectivity index (χ1n) is 8.22. The molecule has 1 N–H and O–H groups in total. The van der Waals surface area contributed by atoms with Crippen molar-refractivity contribution in [1.82, 2.24) is 9.97 Å². The van der Waals surface area contributed by atoms with Gasteiger partial charge in [-0.25, -0.2) is 22.8 Å². The number of fused-ring (bicyclic) bond motifs is 1. The average molecular weight is 505 g/mol. The van der Waals surface area contributed by atoms with Crippen molar-refractivity contribution in [3.63, 3.8) is 0 Å². The first kappa shape index (κ1) is 18.8. The second-order valence-corrected chi connectivity index (χ2v) is 9.08. The van der Waals surface area contributed by atoms with Crippen LogP contribution in [0.5, 0.6) is 0 Å². The van der Waals surface area contributed by atoms with Gasteiger partial charge in [-0.15, -0.1) is 0 Å². The molecule has 5 nitrogen and oxygen atoms in total. The van der Waals surface area contributed by atoms with Crippen LogP contribution in [0.2, 0.25) is 0 Å². The molecular weight excluding hydrogens is 492 g/mol. The van der Waals surface area contributed by atoms with Crippen molar-refractivity contribution in [3.05, 3.63) is 82.4 Å². The number of hydrogen-bond donors (Lipinski definition) is 1. The van der Waals surface area contributed by atoms with Crippen molar-refractivity contribution in [2.24, 2.45) is 0 Å². The Hall–Kier alpha value is -2.59. The van der Waals surface area contributed by atoms with Crippen LogP contribution in [-0.2, 0) is 9.84 Å². The Morgan fingerprint density at radius 3 is 2.29 bits per heavy atom. The number of halogens is 2. The Morgan fingerprint density at radius 2 is 1.57 bits per heavy atom. The number of anilines is 2.